The Labute approximate surface area is 303 Å². The normalized spacial score (nSPS) is 18.0. The molecule has 0 bridgehead atoms. The third-order valence-electron chi connectivity index (χ3n) is 9.40. The maximum Gasteiger partial charge on any atom is 0.338 e. The summed E-state index contributed by atoms with van der Waals surface area (Å²) in [5, 5.41) is 4.60. The fourth-order valence-electron chi connectivity index (χ4n) is 6.92. The van der Waals surface area contributed by atoms with Crippen molar-refractivity contribution >= 4 is 74.6 Å². The summed E-state index contributed by atoms with van der Waals surface area (Å²) in [6.07, 6.45) is 0. The number of thioether (sulfide) groups is 1. The van der Waals surface area contributed by atoms with Crippen molar-refractivity contribution in [3.63, 3.8) is 0 Å². The summed E-state index contributed by atoms with van der Waals surface area (Å²) in [5.41, 5.74) is 3.09. The maximum absolute atomic E-state index is 14.3. The second-order valence-electron chi connectivity index (χ2n) is 12.3. The predicted molar refractivity (Wildman–Crippen MR) is 201 cm³/mol. The van der Waals surface area contributed by atoms with Crippen LogP contribution >= 0.6 is 23.1 Å². The molecule has 1 fully saturated rings. The van der Waals surface area contributed by atoms with Gasteiger partial charge in [-0.3, -0.25) is 23.7 Å². The Morgan fingerprint density at radius 1 is 0.843 bits per heavy atom. The molecule has 2 unspecified atom stereocenters. The molecule has 1 N–H and O–H groups in total. The average Bonchev–Trinajstić information content (AvgIpc) is 3.58. The van der Waals surface area contributed by atoms with Gasteiger partial charge in [-0.05, 0) is 85.6 Å². The molecule has 2 aliphatic rings. The van der Waals surface area contributed by atoms with Crippen LogP contribution in [0.15, 0.2) is 101 Å². The zero-order valence-electron chi connectivity index (χ0n) is 28.3. The van der Waals surface area contributed by atoms with Gasteiger partial charge >= 0.3 is 10.8 Å². The molecule has 3 amide bonds. The molecule has 3 heterocycles. The number of benzene rings is 4. The number of ether oxygens (including phenoxy) is 1. The molecule has 12 heteroatoms. The number of carbonyl (C=O) groups excluding carboxylic acids is 4. The van der Waals surface area contributed by atoms with Gasteiger partial charge in [0.1, 0.15) is 11.8 Å². The van der Waals surface area contributed by atoms with Crippen molar-refractivity contribution in [2.24, 2.45) is 5.92 Å². The van der Waals surface area contributed by atoms with Gasteiger partial charge in [0, 0.05) is 35.3 Å². The maximum atomic E-state index is 14.3. The van der Waals surface area contributed by atoms with Crippen LogP contribution in [0.25, 0.3) is 10.8 Å². The Morgan fingerprint density at radius 3 is 2.24 bits per heavy atom. The van der Waals surface area contributed by atoms with E-state index in [0.29, 0.717) is 26.8 Å². The lowest BCUT2D eigenvalue weighted by Gasteiger charge is -2.31. The molecule has 260 valence electrons. The molecule has 0 saturated carbocycles. The fourth-order valence-corrected chi connectivity index (χ4v) is 9.70. The fraction of sp³-hybridized carbons (Fsp3) is 0.256. The Kier molecular flexibility index (Phi) is 9.54. The Hall–Kier alpha value is -5.20. The quantitative estimate of drug-likeness (QED) is 0.128. The number of thiazole rings is 1. The number of nitrogens with zero attached hydrogens (tertiary/aromatic N) is 3. The summed E-state index contributed by atoms with van der Waals surface area (Å²) in [6.45, 7) is 7.51. The van der Waals surface area contributed by atoms with Crippen molar-refractivity contribution in [3.8, 4) is 0 Å². The first kappa shape index (κ1) is 34.3. The number of carbonyl (C=O) groups is 4. The van der Waals surface area contributed by atoms with Gasteiger partial charge in [0.2, 0.25) is 17.7 Å². The van der Waals surface area contributed by atoms with Crippen molar-refractivity contribution in [1.82, 2.24) is 4.57 Å². The van der Waals surface area contributed by atoms with Crippen LogP contribution in [-0.4, -0.2) is 53.2 Å². The molecule has 51 heavy (non-hydrogen) atoms. The lowest BCUT2D eigenvalue weighted by Crippen LogP contribution is -2.33. The highest BCUT2D eigenvalue weighted by Gasteiger charge is 2.56. The second kappa shape index (κ2) is 14.2. The van der Waals surface area contributed by atoms with Gasteiger partial charge in [-0.25, -0.2) is 9.69 Å². The summed E-state index contributed by atoms with van der Waals surface area (Å²) < 4.78 is 6.51. The van der Waals surface area contributed by atoms with Crippen molar-refractivity contribution < 1.29 is 23.9 Å². The van der Waals surface area contributed by atoms with Crippen LogP contribution in [0.1, 0.15) is 47.5 Å². The number of nitrogens with one attached hydrogen (secondary N) is 1. The number of hydrogen-bond donors (Lipinski definition) is 1. The number of rotatable bonds is 10. The Balaban J connectivity index is 1.24. The Bertz CT molecular complexity index is 2210. The van der Waals surface area contributed by atoms with Crippen molar-refractivity contribution in [2.75, 3.05) is 34.8 Å². The molecule has 3 atom stereocenters. The first-order chi connectivity index (χ1) is 24.7. The van der Waals surface area contributed by atoms with E-state index in [-0.39, 0.29) is 29.8 Å². The predicted octanol–water partition coefficient (Wildman–Crippen LogP) is 6.52. The number of imide groups is 1. The highest BCUT2D eigenvalue weighted by molar-refractivity contribution is 8.00. The van der Waals surface area contributed by atoms with E-state index in [1.54, 1.807) is 19.1 Å². The zero-order valence-corrected chi connectivity index (χ0v) is 30.0. The van der Waals surface area contributed by atoms with Crippen molar-refractivity contribution in [2.45, 2.75) is 43.5 Å². The molecule has 1 aromatic heterocycles. The van der Waals surface area contributed by atoms with Gasteiger partial charge in [-0.2, -0.15) is 0 Å². The number of amides is 3. The number of fused-ring (bicyclic) bond motifs is 3. The molecule has 0 spiro atoms. The highest BCUT2D eigenvalue weighted by Crippen LogP contribution is 2.54. The van der Waals surface area contributed by atoms with Crippen LogP contribution in [0.5, 0.6) is 0 Å². The molecule has 4 aromatic carbocycles. The SMILES string of the molecule is CCOC(=O)c1ccc(N2C(=O)C3Sc4c(sc(=O)n4CC(=O)Nc4ccc5ccccc5c4)[C@H](c4ccc(N(CC)CC)cc4)C3C2=O)cc1. The first-order valence-corrected chi connectivity index (χ1v) is 18.6. The largest absolute Gasteiger partial charge is 0.462 e. The van der Waals surface area contributed by atoms with E-state index in [2.05, 4.69) is 24.1 Å². The molecular formula is C39H36N4O6S2. The smallest absolute Gasteiger partial charge is 0.338 e. The summed E-state index contributed by atoms with van der Waals surface area (Å²) in [6, 6.07) is 27.6. The van der Waals surface area contributed by atoms with Crippen LogP contribution in [-0.2, 0) is 25.7 Å². The van der Waals surface area contributed by atoms with Crippen LogP contribution in [0.3, 0.4) is 0 Å². The van der Waals surface area contributed by atoms with Crippen LogP contribution in [0, 0.1) is 5.92 Å². The topological polar surface area (TPSA) is 118 Å². The van der Waals surface area contributed by atoms with Gasteiger partial charge in [-0.15, -0.1) is 0 Å². The van der Waals surface area contributed by atoms with E-state index in [0.717, 1.165) is 58.2 Å². The van der Waals surface area contributed by atoms with E-state index in [4.69, 9.17) is 4.74 Å². The minimum absolute atomic E-state index is 0.224. The molecular weight excluding hydrogens is 685 g/mol. The van der Waals surface area contributed by atoms with Gasteiger partial charge in [0.25, 0.3) is 0 Å². The number of esters is 1. The number of aromatic nitrogens is 1. The minimum atomic E-state index is -0.842. The van der Waals surface area contributed by atoms with Gasteiger partial charge in [0.15, 0.2) is 0 Å². The lowest BCUT2D eigenvalue weighted by molar-refractivity contribution is -0.122. The Morgan fingerprint density at radius 2 is 1.55 bits per heavy atom. The second-order valence-corrected chi connectivity index (χ2v) is 14.4. The van der Waals surface area contributed by atoms with E-state index in [1.165, 1.54) is 21.6 Å². The van der Waals surface area contributed by atoms with E-state index in [1.807, 2.05) is 66.7 Å². The van der Waals surface area contributed by atoms with E-state index in [9.17, 15) is 24.0 Å². The van der Waals surface area contributed by atoms with Crippen LogP contribution in [0.2, 0.25) is 0 Å². The van der Waals surface area contributed by atoms with Gasteiger partial charge in [0.05, 0.1) is 28.8 Å². The van der Waals surface area contributed by atoms with Gasteiger partial charge in [-0.1, -0.05) is 65.6 Å². The standard InChI is InChI=1S/C39H36N4O6S2/c1-4-41(5-2)28-17-12-24(13-18-28)31-32-33(36(46)43(35(32)45)29-19-14-25(15-20-29)38(47)49-6-3)50-37-34(31)51-39(48)42(37)22-30(44)40-27-16-11-23-9-7-8-10-26(23)21-27/h7-21,31-33H,4-6,22H2,1-3H3,(H,40,44)/t31-,32?,33?/m1/s1. The monoisotopic (exact) mass is 720 g/mol. The molecule has 0 radical (unpaired) electrons. The lowest BCUT2D eigenvalue weighted by atomic mass is 9.83. The number of anilines is 3. The van der Waals surface area contributed by atoms with Crippen molar-refractivity contribution in [3.05, 3.63) is 117 Å². The first-order valence-electron chi connectivity index (χ1n) is 16.9. The van der Waals surface area contributed by atoms with Crippen LogP contribution in [0.4, 0.5) is 17.1 Å². The summed E-state index contributed by atoms with van der Waals surface area (Å²) in [5.74, 6) is -3.07. The molecule has 1 saturated heterocycles. The number of hydrogen-bond acceptors (Lipinski definition) is 9. The third-order valence-corrected chi connectivity index (χ3v) is 12.0. The minimum Gasteiger partial charge on any atom is -0.462 e. The zero-order chi connectivity index (χ0) is 35.8. The average molecular weight is 721 g/mol. The summed E-state index contributed by atoms with van der Waals surface area (Å²) in [4.78, 5) is 71.6. The third kappa shape index (κ3) is 6.34. The van der Waals surface area contributed by atoms with E-state index >= 15 is 0 Å². The van der Waals surface area contributed by atoms with Crippen LogP contribution < -0.4 is 20.0 Å². The molecule has 0 aliphatic carbocycles. The highest BCUT2D eigenvalue weighted by atomic mass is 32.2. The molecule has 5 aromatic rings. The van der Waals surface area contributed by atoms with E-state index < -0.39 is 29.0 Å². The van der Waals surface area contributed by atoms with Crippen molar-refractivity contribution in [1.29, 1.82) is 0 Å². The molecule has 7 rings (SSSR count). The molecule has 10 nitrogen and oxygen atoms in total. The summed E-state index contributed by atoms with van der Waals surface area (Å²) >= 11 is 2.17. The summed E-state index contributed by atoms with van der Waals surface area (Å²) in [7, 11) is 0. The van der Waals surface area contributed by atoms with Gasteiger partial charge < -0.3 is 15.0 Å². The molecule has 2 aliphatic heterocycles.